The van der Waals surface area contributed by atoms with Crippen LogP contribution in [0.2, 0.25) is 0 Å². The molecule has 1 saturated heterocycles. The predicted molar refractivity (Wildman–Crippen MR) is 151 cm³/mol. The number of hydrogen-bond donors (Lipinski definition) is 3. The van der Waals surface area contributed by atoms with Gasteiger partial charge in [0.15, 0.2) is 23.0 Å². The molecule has 3 aromatic carbocycles. The van der Waals surface area contributed by atoms with Crippen LogP contribution in [-0.4, -0.2) is 60.5 Å². The molecule has 3 N–H and O–H groups in total. The molecule has 4 atom stereocenters. The van der Waals surface area contributed by atoms with Crippen molar-refractivity contribution in [3.63, 3.8) is 0 Å². The second-order valence-corrected chi connectivity index (χ2v) is 12.1. The fourth-order valence-corrected chi connectivity index (χ4v) is 6.65. The van der Waals surface area contributed by atoms with Crippen molar-refractivity contribution in [2.75, 3.05) is 51.0 Å². The van der Waals surface area contributed by atoms with Gasteiger partial charge in [-0.25, -0.2) is 8.42 Å². The summed E-state index contributed by atoms with van der Waals surface area (Å²) in [6.07, 6.45) is 1.07. The first-order chi connectivity index (χ1) is 20.1. The van der Waals surface area contributed by atoms with E-state index in [1.54, 1.807) is 30.3 Å². The van der Waals surface area contributed by atoms with E-state index in [1.807, 2.05) is 12.1 Å². The topological polar surface area (TPSA) is 151 Å². The van der Waals surface area contributed by atoms with Crippen molar-refractivity contribution in [1.29, 1.82) is 0 Å². The lowest BCUT2D eigenvalue weighted by atomic mass is 9.65. The highest BCUT2D eigenvalue weighted by molar-refractivity contribution is 7.92. The number of aromatic hydroxyl groups is 1. The Morgan fingerprint density at radius 2 is 1.52 bits per heavy atom. The fourth-order valence-electron chi connectivity index (χ4n) is 6.10. The first-order valence-electron chi connectivity index (χ1n) is 13.1. The van der Waals surface area contributed by atoms with Gasteiger partial charge in [0.1, 0.15) is 5.75 Å². The average Bonchev–Trinajstić information content (AvgIpc) is 3.58. The molecule has 6 rings (SSSR count). The van der Waals surface area contributed by atoms with Crippen LogP contribution in [0.5, 0.6) is 34.5 Å². The maximum Gasteiger partial charge on any atom is 0.310 e. The number of carbonyl (C=O) groups is 1. The monoisotopic (exact) mass is 598 g/mol. The SMILES string of the molecule is COc1cc(NS(C)(=O)=O)ccc1N[C@@H]1c2cc3c(cc2[C@@H](c2cc(OC)c(O)c(OC)c2)[C@H]2C(=O)OC[C@@H]21)OCO3. The van der Waals surface area contributed by atoms with Crippen molar-refractivity contribution in [3.05, 3.63) is 59.2 Å². The van der Waals surface area contributed by atoms with Crippen LogP contribution >= 0.6 is 0 Å². The first-order valence-corrected chi connectivity index (χ1v) is 15.0. The van der Waals surface area contributed by atoms with E-state index in [1.165, 1.54) is 21.3 Å². The molecule has 1 aliphatic carbocycles. The van der Waals surface area contributed by atoms with E-state index >= 15 is 0 Å². The van der Waals surface area contributed by atoms with Gasteiger partial charge in [0, 0.05) is 17.9 Å². The lowest BCUT2D eigenvalue weighted by Crippen LogP contribution is -2.37. The minimum atomic E-state index is -3.49. The highest BCUT2D eigenvalue weighted by atomic mass is 32.2. The number of benzene rings is 3. The van der Waals surface area contributed by atoms with Gasteiger partial charge < -0.3 is 38.8 Å². The lowest BCUT2D eigenvalue weighted by Gasteiger charge is -2.40. The number of nitrogens with one attached hydrogen (secondary N) is 2. The van der Waals surface area contributed by atoms with Crippen molar-refractivity contribution in [1.82, 2.24) is 0 Å². The molecule has 3 aromatic rings. The van der Waals surface area contributed by atoms with Gasteiger partial charge in [0.2, 0.25) is 22.6 Å². The molecule has 0 bridgehead atoms. The Morgan fingerprint density at radius 1 is 0.881 bits per heavy atom. The number of anilines is 2. The molecule has 0 unspecified atom stereocenters. The van der Waals surface area contributed by atoms with E-state index in [9.17, 15) is 18.3 Å². The zero-order chi connectivity index (χ0) is 29.8. The van der Waals surface area contributed by atoms with E-state index < -0.39 is 27.9 Å². The number of rotatable bonds is 8. The maximum absolute atomic E-state index is 13.4. The smallest absolute Gasteiger partial charge is 0.310 e. The number of esters is 1. The van der Waals surface area contributed by atoms with Crippen LogP contribution in [0.25, 0.3) is 0 Å². The number of hydrogen-bond acceptors (Lipinski definition) is 11. The molecule has 0 radical (unpaired) electrons. The number of phenolic OH excluding ortho intramolecular Hbond substituents is 1. The third kappa shape index (κ3) is 4.73. The van der Waals surface area contributed by atoms with Crippen LogP contribution in [0, 0.1) is 11.8 Å². The second-order valence-electron chi connectivity index (χ2n) is 10.3. The van der Waals surface area contributed by atoms with Crippen LogP contribution in [0.3, 0.4) is 0 Å². The molecule has 0 spiro atoms. The number of cyclic esters (lactones) is 1. The third-order valence-electron chi connectivity index (χ3n) is 7.86. The van der Waals surface area contributed by atoms with Gasteiger partial charge in [-0.2, -0.15) is 0 Å². The van der Waals surface area contributed by atoms with Crippen LogP contribution < -0.4 is 33.7 Å². The Morgan fingerprint density at radius 3 is 2.14 bits per heavy atom. The molecule has 13 heteroatoms. The van der Waals surface area contributed by atoms with Crippen LogP contribution in [-0.2, 0) is 19.6 Å². The highest BCUT2D eigenvalue weighted by Gasteiger charge is 2.53. The Hall–Kier alpha value is -4.52. The molecule has 2 aliphatic heterocycles. The van der Waals surface area contributed by atoms with E-state index in [0.29, 0.717) is 34.2 Å². The van der Waals surface area contributed by atoms with Crippen LogP contribution in [0.4, 0.5) is 11.4 Å². The summed E-state index contributed by atoms with van der Waals surface area (Å²) in [7, 11) is 0.892. The molecule has 0 amide bonds. The standard InChI is InChI=1S/C29H30N2O10S/c1-36-20-9-15(31-42(4,34)35)5-6-19(20)30-27-17-11-22-21(40-13-41-22)10-16(17)25(26-18(27)12-39-29(26)33)14-7-23(37-2)28(32)24(8-14)38-3/h5-11,18,25-27,30-32H,12-13H2,1-4H3/t18-,25+,26-,27+/m0/s1. The van der Waals surface area contributed by atoms with E-state index in [0.717, 1.165) is 17.4 Å². The summed E-state index contributed by atoms with van der Waals surface area (Å²) >= 11 is 0. The molecule has 1 fully saturated rings. The Labute approximate surface area is 242 Å². The van der Waals surface area contributed by atoms with Crippen molar-refractivity contribution >= 4 is 27.4 Å². The molecule has 0 aromatic heterocycles. The van der Waals surface area contributed by atoms with Gasteiger partial charge in [-0.3, -0.25) is 9.52 Å². The molecule has 2 heterocycles. The van der Waals surface area contributed by atoms with E-state index in [2.05, 4.69) is 10.0 Å². The number of fused-ring (bicyclic) bond motifs is 3. The molecular weight excluding hydrogens is 568 g/mol. The number of ether oxygens (including phenoxy) is 6. The normalized spacial score (nSPS) is 22.0. The Balaban J connectivity index is 1.50. The highest BCUT2D eigenvalue weighted by Crippen LogP contribution is 2.56. The summed E-state index contributed by atoms with van der Waals surface area (Å²) in [4.78, 5) is 13.4. The summed E-state index contributed by atoms with van der Waals surface area (Å²) in [5.41, 5.74) is 3.30. The zero-order valence-corrected chi connectivity index (χ0v) is 24.1. The number of methoxy groups -OCH3 is 3. The number of sulfonamides is 1. The predicted octanol–water partition coefficient (Wildman–Crippen LogP) is 3.61. The fraction of sp³-hybridized carbons (Fsp3) is 0.345. The second kappa shape index (κ2) is 10.4. The summed E-state index contributed by atoms with van der Waals surface area (Å²) in [6.45, 7) is 0.229. The largest absolute Gasteiger partial charge is 0.502 e. The van der Waals surface area contributed by atoms with Gasteiger partial charge in [-0.05, 0) is 53.1 Å². The molecule has 12 nitrogen and oxygen atoms in total. The van der Waals surface area contributed by atoms with Crippen LogP contribution in [0.1, 0.15) is 28.7 Å². The average molecular weight is 599 g/mol. The minimum Gasteiger partial charge on any atom is -0.502 e. The van der Waals surface area contributed by atoms with Gasteiger partial charge in [-0.1, -0.05) is 0 Å². The quantitative estimate of drug-likeness (QED) is 0.326. The van der Waals surface area contributed by atoms with Gasteiger partial charge in [-0.15, -0.1) is 0 Å². The number of carbonyl (C=O) groups excluding carboxylic acids is 1. The Kier molecular flexibility index (Phi) is 6.84. The van der Waals surface area contributed by atoms with Crippen molar-refractivity contribution in [2.24, 2.45) is 11.8 Å². The summed E-state index contributed by atoms with van der Waals surface area (Å²) in [5.74, 6) is 0.0393. The van der Waals surface area contributed by atoms with Gasteiger partial charge in [0.25, 0.3) is 0 Å². The van der Waals surface area contributed by atoms with Crippen LogP contribution in [0.15, 0.2) is 42.5 Å². The zero-order valence-electron chi connectivity index (χ0n) is 23.3. The van der Waals surface area contributed by atoms with E-state index in [-0.39, 0.29) is 42.5 Å². The minimum absolute atomic E-state index is 0.0688. The summed E-state index contributed by atoms with van der Waals surface area (Å²) < 4.78 is 59.5. The first kappa shape index (κ1) is 27.6. The lowest BCUT2D eigenvalue weighted by molar-refractivity contribution is -0.141. The molecular formula is C29H30N2O10S. The summed E-state index contributed by atoms with van der Waals surface area (Å²) in [5, 5.41) is 14.1. The van der Waals surface area contributed by atoms with Gasteiger partial charge in [0.05, 0.1) is 57.5 Å². The van der Waals surface area contributed by atoms with Crippen molar-refractivity contribution in [3.8, 4) is 34.5 Å². The molecule has 42 heavy (non-hydrogen) atoms. The maximum atomic E-state index is 13.4. The molecule has 3 aliphatic rings. The summed E-state index contributed by atoms with van der Waals surface area (Å²) in [6, 6.07) is 11.7. The molecule has 0 saturated carbocycles. The van der Waals surface area contributed by atoms with E-state index in [4.69, 9.17) is 28.4 Å². The van der Waals surface area contributed by atoms with Gasteiger partial charge >= 0.3 is 5.97 Å². The molecule has 222 valence electrons. The van der Waals surface area contributed by atoms with Crippen molar-refractivity contribution in [2.45, 2.75) is 12.0 Å². The Bertz CT molecular complexity index is 1650. The van der Waals surface area contributed by atoms with Crippen molar-refractivity contribution < 1.29 is 46.7 Å². The third-order valence-corrected chi connectivity index (χ3v) is 8.47. The number of phenols is 1.